The zero-order chi connectivity index (χ0) is 24.9. The molecule has 4 nitrogen and oxygen atoms in total. The molecule has 2 aliphatic rings. The molecule has 1 aliphatic carbocycles. The van der Waals surface area contributed by atoms with E-state index >= 15 is 0 Å². The Hall–Kier alpha value is -4.23. The zero-order valence-corrected chi connectivity index (χ0v) is 20.6. The molecule has 3 aromatic rings. The van der Waals surface area contributed by atoms with Crippen molar-refractivity contribution in [2.45, 2.75) is 32.2 Å². The Morgan fingerprint density at radius 2 is 1.69 bits per heavy atom. The topological polar surface area (TPSA) is 34.5 Å². The maximum atomic E-state index is 12.0. The number of benzene rings is 2. The molecule has 180 valence electrons. The Labute approximate surface area is 212 Å². The minimum Gasteiger partial charge on any atom is -0.459 e. The van der Waals surface area contributed by atoms with Crippen LogP contribution in [0.5, 0.6) is 5.75 Å². The molecule has 0 atom stereocenters. The number of piperidine rings is 1. The van der Waals surface area contributed by atoms with Crippen molar-refractivity contribution >= 4 is 17.2 Å². The molecule has 4 heteroatoms. The molecule has 0 unspecified atom stereocenters. The second-order valence-corrected chi connectivity index (χ2v) is 9.20. The number of likely N-dealkylation sites (tertiary alicyclic amines) is 1. The third-order valence-electron chi connectivity index (χ3n) is 6.84. The van der Waals surface area contributed by atoms with Crippen molar-refractivity contribution in [1.82, 2.24) is 9.47 Å². The number of rotatable bonds is 4. The number of carbonyl (C=O) groups is 1. The predicted octanol–water partition coefficient (Wildman–Crippen LogP) is 4.56. The Balaban J connectivity index is 1.42. The zero-order valence-electron chi connectivity index (χ0n) is 20.6. The van der Waals surface area contributed by atoms with Gasteiger partial charge in [0.25, 0.3) is 0 Å². The van der Waals surface area contributed by atoms with Crippen LogP contribution < -0.4 is 15.3 Å². The molecule has 1 amide bonds. The molecule has 1 saturated heterocycles. The standard InChI is InChI=1S/C32H30N2O2/c1-3-31(35)33-21-18-27(19-22-33)34-23-20-29-24(2)8-7-11-30(32(29)34)36-28-16-14-26(15-17-28)13-12-25-9-5-4-6-10-25/h3-10,14-17,20,23,27H,1,11,18-19,21-22H2,2H3. The van der Waals surface area contributed by atoms with E-state index in [2.05, 4.69) is 54.3 Å². The summed E-state index contributed by atoms with van der Waals surface area (Å²) in [5.74, 6) is 8.18. The largest absolute Gasteiger partial charge is 0.459 e. The molecule has 36 heavy (non-hydrogen) atoms. The molecule has 0 radical (unpaired) electrons. The second kappa shape index (κ2) is 10.6. The smallest absolute Gasteiger partial charge is 0.245 e. The van der Waals surface area contributed by atoms with E-state index in [1.807, 2.05) is 59.5 Å². The maximum Gasteiger partial charge on any atom is 0.245 e. The fraction of sp³-hybridized carbons (Fsp3) is 0.219. The lowest BCUT2D eigenvalue weighted by molar-refractivity contribution is -0.127. The molecular formula is C32H30N2O2. The van der Waals surface area contributed by atoms with Crippen molar-refractivity contribution in [3.05, 3.63) is 113 Å². The summed E-state index contributed by atoms with van der Waals surface area (Å²) in [5, 5.41) is 2.34. The number of fused-ring (bicyclic) bond motifs is 1. The van der Waals surface area contributed by atoms with Crippen LogP contribution in [-0.2, 0) is 4.79 Å². The highest BCUT2D eigenvalue weighted by atomic mass is 16.5. The highest BCUT2D eigenvalue weighted by Crippen LogP contribution is 2.23. The first-order chi connectivity index (χ1) is 17.6. The number of amides is 1. The Morgan fingerprint density at radius 1 is 1.00 bits per heavy atom. The Bertz CT molecular complexity index is 1470. The SMILES string of the molecule is C=CC(=O)N1CCC(n2ccc3c2=C(Oc2ccc(C#Cc4ccccc4)cc2)CC=CC=3C)CC1. The van der Waals surface area contributed by atoms with E-state index < -0.39 is 0 Å². The van der Waals surface area contributed by atoms with Gasteiger partial charge < -0.3 is 14.2 Å². The lowest BCUT2D eigenvalue weighted by atomic mass is 10.0. The summed E-state index contributed by atoms with van der Waals surface area (Å²) in [6.45, 7) is 7.26. The molecule has 1 fully saturated rings. The van der Waals surface area contributed by atoms with Crippen LogP contribution in [0.25, 0.3) is 11.3 Å². The molecule has 0 spiro atoms. The minimum atomic E-state index is 0.0145. The molecule has 2 heterocycles. The molecule has 1 aliphatic heterocycles. The third kappa shape index (κ3) is 5.06. The number of aromatic nitrogens is 1. The number of hydrogen-bond acceptors (Lipinski definition) is 2. The lowest BCUT2D eigenvalue weighted by Gasteiger charge is -2.32. The molecule has 0 N–H and O–H groups in total. The average Bonchev–Trinajstić information content (AvgIpc) is 3.31. The van der Waals surface area contributed by atoms with Crippen LogP contribution in [0.1, 0.15) is 43.4 Å². The Morgan fingerprint density at radius 3 is 2.39 bits per heavy atom. The molecule has 1 aromatic heterocycles. The summed E-state index contributed by atoms with van der Waals surface area (Å²) < 4.78 is 8.86. The van der Waals surface area contributed by atoms with E-state index in [0.29, 0.717) is 6.04 Å². The summed E-state index contributed by atoms with van der Waals surface area (Å²) in [7, 11) is 0. The number of hydrogen-bond donors (Lipinski definition) is 0. The van der Waals surface area contributed by atoms with E-state index in [0.717, 1.165) is 60.3 Å². The first kappa shape index (κ1) is 23.5. The van der Waals surface area contributed by atoms with Gasteiger partial charge in [0.05, 0.1) is 5.35 Å². The predicted molar refractivity (Wildman–Crippen MR) is 144 cm³/mol. The highest BCUT2D eigenvalue weighted by molar-refractivity contribution is 5.87. The van der Waals surface area contributed by atoms with Gasteiger partial charge in [0.15, 0.2) is 0 Å². The van der Waals surface area contributed by atoms with Crippen LogP contribution in [0, 0.1) is 11.8 Å². The fourth-order valence-corrected chi connectivity index (χ4v) is 4.89. The van der Waals surface area contributed by atoms with Crippen LogP contribution in [0.2, 0.25) is 0 Å². The second-order valence-electron chi connectivity index (χ2n) is 9.20. The normalized spacial score (nSPS) is 15.5. The fourth-order valence-electron chi connectivity index (χ4n) is 4.89. The van der Waals surface area contributed by atoms with E-state index in [1.54, 1.807) is 0 Å². The van der Waals surface area contributed by atoms with Gasteiger partial charge in [0, 0.05) is 48.1 Å². The van der Waals surface area contributed by atoms with Gasteiger partial charge in [-0.05, 0) is 73.9 Å². The van der Waals surface area contributed by atoms with Gasteiger partial charge >= 0.3 is 0 Å². The first-order valence-corrected chi connectivity index (χ1v) is 12.5. The summed E-state index contributed by atoms with van der Waals surface area (Å²) in [6, 6.07) is 20.5. The molecule has 0 bridgehead atoms. The molecular weight excluding hydrogens is 444 g/mol. The van der Waals surface area contributed by atoms with Crippen LogP contribution in [0.3, 0.4) is 0 Å². The van der Waals surface area contributed by atoms with Crippen molar-refractivity contribution in [3.63, 3.8) is 0 Å². The Kier molecular flexibility index (Phi) is 6.91. The number of allylic oxidation sites excluding steroid dienone is 1. The van der Waals surface area contributed by atoms with Gasteiger partial charge in [0.2, 0.25) is 5.91 Å². The van der Waals surface area contributed by atoms with E-state index in [9.17, 15) is 4.79 Å². The number of nitrogens with zero attached hydrogens (tertiary/aromatic N) is 2. The number of ether oxygens (including phenoxy) is 1. The van der Waals surface area contributed by atoms with Crippen molar-refractivity contribution in [3.8, 4) is 17.6 Å². The van der Waals surface area contributed by atoms with E-state index in [-0.39, 0.29) is 5.91 Å². The average molecular weight is 475 g/mol. The molecule has 2 aromatic carbocycles. The van der Waals surface area contributed by atoms with Crippen LogP contribution >= 0.6 is 0 Å². The summed E-state index contributed by atoms with van der Waals surface area (Å²) in [4.78, 5) is 13.9. The van der Waals surface area contributed by atoms with Crippen LogP contribution in [0.4, 0.5) is 0 Å². The molecule has 0 saturated carbocycles. The summed E-state index contributed by atoms with van der Waals surface area (Å²) >= 11 is 0. The van der Waals surface area contributed by atoms with Gasteiger partial charge in [-0.15, -0.1) is 0 Å². The monoisotopic (exact) mass is 474 g/mol. The van der Waals surface area contributed by atoms with Crippen molar-refractivity contribution < 1.29 is 9.53 Å². The van der Waals surface area contributed by atoms with Crippen molar-refractivity contribution in [2.75, 3.05) is 13.1 Å². The van der Waals surface area contributed by atoms with Gasteiger partial charge in [-0.2, -0.15) is 0 Å². The maximum absolute atomic E-state index is 12.0. The molecule has 5 rings (SSSR count). The van der Waals surface area contributed by atoms with Crippen molar-refractivity contribution in [2.24, 2.45) is 0 Å². The highest BCUT2D eigenvalue weighted by Gasteiger charge is 2.24. The number of carbonyl (C=O) groups excluding carboxylic acids is 1. The van der Waals surface area contributed by atoms with E-state index in [4.69, 9.17) is 4.74 Å². The van der Waals surface area contributed by atoms with Gasteiger partial charge in [0.1, 0.15) is 11.5 Å². The van der Waals surface area contributed by atoms with Crippen LogP contribution in [0.15, 0.2) is 91.7 Å². The summed E-state index contributed by atoms with van der Waals surface area (Å²) in [6.07, 6.45) is 10.5. The van der Waals surface area contributed by atoms with Crippen molar-refractivity contribution in [1.29, 1.82) is 0 Å². The van der Waals surface area contributed by atoms with Gasteiger partial charge in [-0.1, -0.05) is 48.8 Å². The van der Waals surface area contributed by atoms with E-state index in [1.165, 1.54) is 16.9 Å². The van der Waals surface area contributed by atoms with Gasteiger partial charge in [-0.25, -0.2) is 0 Å². The third-order valence-corrected chi connectivity index (χ3v) is 6.84. The quantitative estimate of drug-likeness (QED) is 0.411. The first-order valence-electron chi connectivity index (χ1n) is 12.5. The summed E-state index contributed by atoms with van der Waals surface area (Å²) in [5.41, 5.74) is 3.18. The van der Waals surface area contributed by atoms with Crippen LogP contribution in [-0.4, -0.2) is 28.5 Å². The lowest BCUT2D eigenvalue weighted by Crippen LogP contribution is -2.42. The minimum absolute atomic E-state index is 0.0145. The van der Waals surface area contributed by atoms with Gasteiger partial charge in [-0.3, -0.25) is 4.79 Å².